The van der Waals surface area contributed by atoms with Gasteiger partial charge in [-0.1, -0.05) is 12.1 Å². The van der Waals surface area contributed by atoms with Gasteiger partial charge >= 0.3 is 6.09 Å². The lowest BCUT2D eigenvalue weighted by molar-refractivity contribution is 0.0178. The fourth-order valence-electron chi connectivity index (χ4n) is 3.99. The number of carbonyl (C=O) groups excluding carboxylic acids is 1. The summed E-state index contributed by atoms with van der Waals surface area (Å²) in [6, 6.07) is 11.2. The van der Waals surface area contributed by atoms with Gasteiger partial charge in [-0.2, -0.15) is 0 Å². The summed E-state index contributed by atoms with van der Waals surface area (Å²) >= 11 is 0. The number of rotatable bonds is 4. The fraction of sp³-hybridized carbons (Fsp3) is 0.478. The van der Waals surface area contributed by atoms with Crippen molar-refractivity contribution >= 4 is 15.9 Å². The average molecular weight is 431 g/mol. The highest BCUT2D eigenvalue weighted by atomic mass is 32.2. The lowest BCUT2D eigenvalue weighted by Crippen LogP contribution is -2.42. The molecule has 1 fully saturated rings. The zero-order valence-electron chi connectivity index (χ0n) is 18.0. The van der Waals surface area contributed by atoms with Crippen LogP contribution in [0.25, 0.3) is 0 Å². The van der Waals surface area contributed by atoms with E-state index in [9.17, 15) is 13.2 Å². The van der Waals surface area contributed by atoms with Gasteiger partial charge in [0.25, 0.3) is 0 Å². The summed E-state index contributed by atoms with van der Waals surface area (Å²) in [5.74, 6) is 0.316. The molecule has 1 amide bonds. The molecule has 0 bridgehead atoms. The number of benzene rings is 1. The minimum Gasteiger partial charge on any atom is -0.444 e. The second-order valence-electron chi connectivity index (χ2n) is 8.91. The molecule has 1 unspecified atom stereocenters. The number of ether oxygens (including phenoxy) is 1. The monoisotopic (exact) mass is 430 g/mol. The number of hydrogen-bond acceptors (Lipinski definition) is 5. The van der Waals surface area contributed by atoms with Gasteiger partial charge in [0, 0.05) is 37.7 Å². The summed E-state index contributed by atoms with van der Waals surface area (Å²) < 4.78 is 29.7. The summed E-state index contributed by atoms with van der Waals surface area (Å²) in [7, 11) is -3.29. The Kier molecular flexibility index (Phi) is 6.50. The third kappa shape index (κ3) is 5.59. The molecule has 1 atom stereocenters. The van der Waals surface area contributed by atoms with Crippen LogP contribution in [0.1, 0.15) is 50.7 Å². The predicted octanol–water partition coefficient (Wildman–Crippen LogP) is 4.26. The molecule has 6 nitrogen and oxygen atoms in total. The van der Waals surface area contributed by atoms with Crippen molar-refractivity contribution < 1.29 is 17.9 Å². The SMILES string of the molecule is CC(C)(C)OC(=O)N1CCC(C(c2ccncc2)c2cccc(S(C)(=O)=O)c2)CC1. The van der Waals surface area contributed by atoms with Crippen molar-refractivity contribution in [2.75, 3.05) is 19.3 Å². The number of hydrogen-bond donors (Lipinski definition) is 0. The maximum Gasteiger partial charge on any atom is 0.410 e. The number of pyridine rings is 1. The normalized spacial score (nSPS) is 16.9. The maximum absolute atomic E-state index is 12.4. The summed E-state index contributed by atoms with van der Waals surface area (Å²) in [6.07, 6.45) is 6.11. The van der Waals surface area contributed by atoms with Gasteiger partial charge in [-0.15, -0.1) is 0 Å². The molecule has 1 aliphatic rings. The van der Waals surface area contributed by atoms with Crippen molar-refractivity contribution in [2.45, 2.75) is 50.0 Å². The van der Waals surface area contributed by atoms with Crippen molar-refractivity contribution in [1.82, 2.24) is 9.88 Å². The molecule has 1 aromatic heterocycles. The van der Waals surface area contributed by atoms with Crippen LogP contribution < -0.4 is 0 Å². The molecule has 1 saturated heterocycles. The highest BCUT2D eigenvalue weighted by molar-refractivity contribution is 7.90. The van der Waals surface area contributed by atoms with Crippen molar-refractivity contribution in [1.29, 1.82) is 0 Å². The number of carbonyl (C=O) groups is 1. The van der Waals surface area contributed by atoms with E-state index in [-0.39, 0.29) is 17.9 Å². The molecular weight excluding hydrogens is 400 g/mol. The van der Waals surface area contributed by atoms with Crippen molar-refractivity contribution in [2.24, 2.45) is 5.92 Å². The standard InChI is InChI=1S/C23H30N2O4S/c1-23(2,3)29-22(26)25-14-10-18(11-15-25)21(17-8-12-24-13-9-17)19-6-5-7-20(16-19)30(4,27)28/h5-9,12-13,16,18,21H,10-11,14-15H2,1-4H3. The summed E-state index contributed by atoms with van der Waals surface area (Å²) in [6.45, 7) is 6.84. The Hall–Kier alpha value is -2.41. The van der Waals surface area contributed by atoms with Crippen LogP contribution in [0.5, 0.6) is 0 Å². The minimum absolute atomic E-state index is 0.0375. The Labute approximate surface area is 179 Å². The number of likely N-dealkylation sites (tertiary alicyclic amines) is 1. The molecule has 0 aliphatic carbocycles. The zero-order valence-corrected chi connectivity index (χ0v) is 18.9. The van der Waals surface area contributed by atoms with Crippen LogP contribution >= 0.6 is 0 Å². The Morgan fingerprint density at radius 2 is 1.73 bits per heavy atom. The third-order valence-corrected chi connectivity index (χ3v) is 6.48. The number of amides is 1. The van der Waals surface area contributed by atoms with E-state index in [1.54, 1.807) is 35.5 Å². The minimum atomic E-state index is -3.29. The Balaban J connectivity index is 1.85. The summed E-state index contributed by atoms with van der Waals surface area (Å²) in [4.78, 5) is 18.6. The van der Waals surface area contributed by atoms with Gasteiger partial charge < -0.3 is 9.64 Å². The lowest BCUT2D eigenvalue weighted by atomic mass is 9.76. The molecule has 7 heteroatoms. The van der Waals surface area contributed by atoms with Crippen molar-refractivity contribution in [3.63, 3.8) is 0 Å². The highest BCUT2D eigenvalue weighted by Crippen LogP contribution is 2.38. The van der Waals surface area contributed by atoms with Gasteiger partial charge in [-0.05, 0) is 74.9 Å². The smallest absolute Gasteiger partial charge is 0.410 e. The van der Waals surface area contributed by atoms with Crippen LogP contribution in [-0.2, 0) is 14.6 Å². The third-order valence-electron chi connectivity index (χ3n) is 5.37. The lowest BCUT2D eigenvalue weighted by Gasteiger charge is -2.37. The average Bonchev–Trinajstić information content (AvgIpc) is 2.68. The number of aromatic nitrogens is 1. The van der Waals surface area contributed by atoms with Crippen LogP contribution in [0.3, 0.4) is 0 Å². The number of sulfone groups is 1. The fourth-order valence-corrected chi connectivity index (χ4v) is 4.66. The van der Waals surface area contributed by atoms with E-state index in [4.69, 9.17) is 4.74 Å². The van der Waals surface area contributed by atoms with Crippen LogP contribution in [0.15, 0.2) is 53.7 Å². The summed E-state index contributed by atoms with van der Waals surface area (Å²) in [5.41, 5.74) is 1.56. The molecule has 3 rings (SSSR count). The van der Waals surface area contributed by atoms with Crippen molar-refractivity contribution in [3.8, 4) is 0 Å². The second kappa shape index (κ2) is 8.76. The Morgan fingerprint density at radius 3 is 2.30 bits per heavy atom. The van der Waals surface area contributed by atoms with Crippen molar-refractivity contribution in [3.05, 3.63) is 59.9 Å². The first-order chi connectivity index (χ1) is 14.0. The van der Waals surface area contributed by atoms with Gasteiger partial charge in [0.1, 0.15) is 5.60 Å². The molecule has 0 N–H and O–H groups in total. The van der Waals surface area contributed by atoms with E-state index in [1.807, 2.05) is 39.0 Å². The molecule has 0 saturated carbocycles. The molecule has 0 radical (unpaired) electrons. The number of piperidine rings is 1. The van der Waals surface area contributed by atoms with Gasteiger partial charge in [-0.25, -0.2) is 13.2 Å². The quantitative estimate of drug-likeness (QED) is 0.724. The van der Waals surface area contributed by atoms with Gasteiger partial charge in [-0.3, -0.25) is 4.98 Å². The van der Waals surface area contributed by atoms with Crippen LogP contribution in [0.4, 0.5) is 4.79 Å². The topological polar surface area (TPSA) is 76.6 Å². The Bertz CT molecular complexity index is 976. The first-order valence-corrected chi connectivity index (χ1v) is 12.1. The largest absolute Gasteiger partial charge is 0.444 e. The maximum atomic E-state index is 12.4. The zero-order chi connectivity index (χ0) is 21.9. The van der Waals surface area contributed by atoms with Gasteiger partial charge in [0.15, 0.2) is 9.84 Å². The van der Waals surface area contributed by atoms with Crippen LogP contribution in [-0.4, -0.2) is 49.3 Å². The van der Waals surface area contributed by atoms with Gasteiger partial charge in [0.05, 0.1) is 4.90 Å². The molecule has 2 aromatic rings. The molecule has 2 heterocycles. The Morgan fingerprint density at radius 1 is 1.10 bits per heavy atom. The molecule has 1 aliphatic heterocycles. The predicted molar refractivity (Wildman–Crippen MR) is 116 cm³/mol. The van der Waals surface area contributed by atoms with Gasteiger partial charge in [0.2, 0.25) is 0 Å². The van der Waals surface area contributed by atoms with E-state index in [2.05, 4.69) is 4.98 Å². The second-order valence-corrected chi connectivity index (χ2v) is 10.9. The first-order valence-electron chi connectivity index (χ1n) is 10.2. The van der Waals surface area contributed by atoms with E-state index in [1.165, 1.54) is 6.26 Å². The summed E-state index contributed by atoms with van der Waals surface area (Å²) in [5, 5.41) is 0. The molecule has 1 aromatic carbocycles. The first kappa shape index (κ1) is 22.3. The number of nitrogens with zero attached hydrogens (tertiary/aromatic N) is 2. The molecule has 30 heavy (non-hydrogen) atoms. The molecular formula is C23H30N2O4S. The van der Waals surface area contributed by atoms with E-state index in [0.29, 0.717) is 18.0 Å². The molecule has 162 valence electrons. The van der Waals surface area contributed by atoms with Crippen LogP contribution in [0.2, 0.25) is 0 Å². The van der Waals surface area contributed by atoms with E-state index >= 15 is 0 Å². The van der Waals surface area contributed by atoms with Crippen LogP contribution in [0, 0.1) is 5.92 Å². The van der Waals surface area contributed by atoms with E-state index < -0.39 is 15.4 Å². The molecule has 0 spiro atoms. The highest BCUT2D eigenvalue weighted by Gasteiger charge is 2.32. The van der Waals surface area contributed by atoms with E-state index in [0.717, 1.165) is 24.0 Å².